The molecule has 0 spiro atoms. The standard InChI is InChI=1S/C8H9N2O/c1-6-3-4-9-8(5-6)10-7(2)11/h3-5H,1H2,2H3,(H,9,10,11). The van der Waals surface area contributed by atoms with Crippen molar-refractivity contribution in [3.8, 4) is 0 Å². The van der Waals surface area contributed by atoms with Gasteiger partial charge < -0.3 is 5.32 Å². The average molecular weight is 149 g/mol. The van der Waals surface area contributed by atoms with Crippen LogP contribution >= 0.6 is 0 Å². The van der Waals surface area contributed by atoms with E-state index in [2.05, 4.69) is 17.2 Å². The Morgan fingerprint density at radius 2 is 2.45 bits per heavy atom. The number of hydrogen-bond donors (Lipinski definition) is 1. The van der Waals surface area contributed by atoms with Gasteiger partial charge in [0.1, 0.15) is 5.82 Å². The quantitative estimate of drug-likeness (QED) is 0.652. The summed E-state index contributed by atoms with van der Waals surface area (Å²) in [6.07, 6.45) is 1.60. The van der Waals surface area contributed by atoms with Crippen LogP contribution in [0.1, 0.15) is 12.5 Å². The molecule has 1 N–H and O–H groups in total. The number of amides is 1. The molecule has 1 radical (unpaired) electrons. The number of pyridine rings is 1. The molecule has 0 bridgehead atoms. The summed E-state index contributed by atoms with van der Waals surface area (Å²) in [6, 6.07) is 3.48. The third kappa shape index (κ3) is 2.37. The Balaban J connectivity index is 2.79. The van der Waals surface area contributed by atoms with Gasteiger partial charge in [0.15, 0.2) is 0 Å². The lowest BCUT2D eigenvalue weighted by Crippen LogP contribution is -2.07. The first-order valence-electron chi connectivity index (χ1n) is 3.24. The van der Waals surface area contributed by atoms with Crippen molar-refractivity contribution in [3.63, 3.8) is 0 Å². The molecule has 3 nitrogen and oxygen atoms in total. The summed E-state index contributed by atoms with van der Waals surface area (Å²) in [6.45, 7) is 5.14. The Bertz CT molecular complexity index is 271. The van der Waals surface area contributed by atoms with Gasteiger partial charge in [-0.05, 0) is 24.6 Å². The van der Waals surface area contributed by atoms with Crippen LogP contribution in [0.3, 0.4) is 0 Å². The van der Waals surface area contributed by atoms with Crippen molar-refractivity contribution in [3.05, 3.63) is 30.8 Å². The van der Waals surface area contributed by atoms with Crippen LogP contribution in [-0.4, -0.2) is 10.9 Å². The molecule has 1 heterocycles. The maximum atomic E-state index is 10.6. The van der Waals surface area contributed by atoms with Crippen LogP contribution in [0.25, 0.3) is 0 Å². The lowest BCUT2D eigenvalue weighted by molar-refractivity contribution is -0.114. The Hall–Kier alpha value is -1.38. The maximum absolute atomic E-state index is 10.6. The Morgan fingerprint density at radius 3 is 3.00 bits per heavy atom. The fourth-order valence-corrected chi connectivity index (χ4v) is 0.723. The van der Waals surface area contributed by atoms with Crippen molar-refractivity contribution in [1.29, 1.82) is 0 Å². The molecular weight excluding hydrogens is 140 g/mol. The molecule has 0 aromatic carbocycles. The topological polar surface area (TPSA) is 42.0 Å². The zero-order valence-corrected chi connectivity index (χ0v) is 6.29. The SMILES string of the molecule is [CH2]c1ccnc(NC(C)=O)c1. The van der Waals surface area contributed by atoms with Gasteiger partial charge >= 0.3 is 0 Å². The molecule has 1 aromatic heterocycles. The lowest BCUT2D eigenvalue weighted by Gasteiger charge is -1.99. The fourth-order valence-electron chi connectivity index (χ4n) is 0.723. The van der Waals surface area contributed by atoms with Crippen molar-refractivity contribution >= 4 is 11.7 Å². The second kappa shape index (κ2) is 3.14. The van der Waals surface area contributed by atoms with E-state index in [1.807, 2.05) is 0 Å². The number of aromatic nitrogens is 1. The first kappa shape index (κ1) is 7.72. The van der Waals surface area contributed by atoms with Gasteiger partial charge in [-0.2, -0.15) is 0 Å². The molecule has 1 amide bonds. The van der Waals surface area contributed by atoms with E-state index < -0.39 is 0 Å². The van der Waals surface area contributed by atoms with Crippen LogP contribution in [0.15, 0.2) is 18.3 Å². The van der Waals surface area contributed by atoms with Crippen LogP contribution in [0.5, 0.6) is 0 Å². The zero-order valence-electron chi connectivity index (χ0n) is 6.29. The average Bonchev–Trinajstić information content (AvgIpc) is 1.85. The molecule has 0 aliphatic heterocycles. The van der Waals surface area contributed by atoms with E-state index in [1.165, 1.54) is 6.92 Å². The third-order valence-corrected chi connectivity index (χ3v) is 1.13. The molecule has 3 heteroatoms. The Kier molecular flexibility index (Phi) is 2.21. The van der Waals surface area contributed by atoms with Gasteiger partial charge in [-0.15, -0.1) is 0 Å². The monoisotopic (exact) mass is 149 g/mol. The number of carbonyl (C=O) groups excluding carboxylic acids is 1. The van der Waals surface area contributed by atoms with Crippen molar-refractivity contribution < 1.29 is 4.79 Å². The number of nitrogens with zero attached hydrogens (tertiary/aromatic N) is 1. The molecule has 57 valence electrons. The van der Waals surface area contributed by atoms with Gasteiger partial charge in [-0.25, -0.2) is 4.98 Å². The van der Waals surface area contributed by atoms with Gasteiger partial charge in [0, 0.05) is 13.1 Å². The zero-order chi connectivity index (χ0) is 8.27. The van der Waals surface area contributed by atoms with Crippen LogP contribution < -0.4 is 5.32 Å². The summed E-state index contributed by atoms with van der Waals surface area (Å²) in [5.74, 6) is 0.424. The van der Waals surface area contributed by atoms with Crippen LogP contribution in [0, 0.1) is 6.92 Å². The normalized spacial score (nSPS) is 9.27. The molecule has 0 saturated carbocycles. The van der Waals surface area contributed by atoms with Gasteiger partial charge in [-0.1, -0.05) is 0 Å². The van der Waals surface area contributed by atoms with E-state index in [4.69, 9.17) is 0 Å². The highest BCUT2D eigenvalue weighted by Gasteiger charge is 1.94. The highest BCUT2D eigenvalue weighted by atomic mass is 16.1. The van der Waals surface area contributed by atoms with Gasteiger partial charge in [-0.3, -0.25) is 4.79 Å². The molecule has 0 unspecified atom stereocenters. The fraction of sp³-hybridized carbons (Fsp3) is 0.125. The Labute approximate surface area is 65.5 Å². The minimum atomic E-state index is -0.122. The van der Waals surface area contributed by atoms with E-state index in [0.29, 0.717) is 5.82 Å². The maximum Gasteiger partial charge on any atom is 0.222 e. The van der Waals surface area contributed by atoms with Gasteiger partial charge in [0.25, 0.3) is 0 Å². The molecule has 1 aromatic rings. The summed E-state index contributed by atoms with van der Waals surface area (Å²) in [5.41, 5.74) is 0.837. The van der Waals surface area contributed by atoms with Crippen molar-refractivity contribution in [1.82, 2.24) is 4.98 Å². The minimum Gasteiger partial charge on any atom is -0.311 e. The van der Waals surface area contributed by atoms with E-state index in [-0.39, 0.29) is 5.91 Å². The number of nitrogens with one attached hydrogen (secondary N) is 1. The molecule has 0 fully saturated rings. The smallest absolute Gasteiger partial charge is 0.222 e. The highest BCUT2D eigenvalue weighted by molar-refractivity contribution is 5.87. The van der Waals surface area contributed by atoms with Crippen molar-refractivity contribution in [2.24, 2.45) is 0 Å². The van der Waals surface area contributed by atoms with Crippen LogP contribution in [0.2, 0.25) is 0 Å². The minimum absolute atomic E-state index is 0.122. The number of carbonyl (C=O) groups is 1. The Morgan fingerprint density at radius 1 is 1.73 bits per heavy atom. The second-order valence-corrected chi connectivity index (χ2v) is 2.23. The number of rotatable bonds is 1. The van der Waals surface area contributed by atoms with E-state index >= 15 is 0 Å². The largest absolute Gasteiger partial charge is 0.311 e. The summed E-state index contributed by atoms with van der Waals surface area (Å²) < 4.78 is 0. The first-order chi connectivity index (χ1) is 5.18. The molecule has 0 aliphatic carbocycles. The first-order valence-corrected chi connectivity index (χ1v) is 3.24. The van der Waals surface area contributed by atoms with E-state index in [9.17, 15) is 4.79 Å². The van der Waals surface area contributed by atoms with E-state index in [1.54, 1.807) is 18.3 Å². The lowest BCUT2D eigenvalue weighted by atomic mass is 10.3. The summed E-state index contributed by atoms with van der Waals surface area (Å²) in [4.78, 5) is 14.5. The summed E-state index contributed by atoms with van der Waals surface area (Å²) in [5, 5.41) is 2.56. The molecular formula is C8H9N2O. The summed E-state index contributed by atoms with van der Waals surface area (Å²) in [7, 11) is 0. The molecule has 1 rings (SSSR count). The third-order valence-electron chi connectivity index (χ3n) is 1.13. The molecule has 0 saturated heterocycles. The predicted molar refractivity (Wildman–Crippen MR) is 43.0 cm³/mol. The van der Waals surface area contributed by atoms with Gasteiger partial charge in [0.2, 0.25) is 5.91 Å². The summed E-state index contributed by atoms with van der Waals surface area (Å²) >= 11 is 0. The van der Waals surface area contributed by atoms with Crippen molar-refractivity contribution in [2.45, 2.75) is 6.92 Å². The second-order valence-electron chi connectivity index (χ2n) is 2.23. The molecule has 11 heavy (non-hydrogen) atoms. The number of hydrogen-bond acceptors (Lipinski definition) is 2. The molecule has 0 atom stereocenters. The van der Waals surface area contributed by atoms with Gasteiger partial charge in [0.05, 0.1) is 0 Å². The molecule has 0 aliphatic rings. The highest BCUT2D eigenvalue weighted by Crippen LogP contribution is 2.04. The van der Waals surface area contributed by atoms with Crippen LogP contribution in [0.4, 0.5) is 5.82 Å². The number of anilines is 1. The van der Waals surface area contributed by atoms with Crippen LogP contribution in [-0.2, 0) is 4.79 Å². The van der Waals surface area contributed by atoms with E-state index in [0.717, 1.165) is 5.56 Å². The van der Waals surface area contributed by atoms with Crippen molar-refractivity contribution in [2.75, 3.05) is 5.32 Å². The predicted octanol–water partition coefficient (Wildman–Crippen LogP) is 1.22.